The van der Waals surface area contributed by atoms with Crippen molar-refractivity contribution in [3.05, 3.63) is 52.1 Å². The van der Waals surface area contributed by atoms with E-state index in [4.69, 9.17) is 0 Å². The Kier molecular flexibility index (Phi) is 3.57. The van der Waals surface area contributed by atoms with Crippen molar-refractivity contribution in [2.45, 2.75) is 37.6 Å². The van der Waals surface area contributed by atoms with Crippen LogP contribution in [-0.4, -0.2) is 29.0 Å². The molecule has 0 saturated carbocycles. The lowest BCUT2D eigenvalue weighted by Crippen LogP contribution is -2.46. The average molecular weight is 272 g/mol. The zero-order chi connectivity index (χ0) is 14.1. The van der Waals surface area contributed by atoms with Crippen molar-refractivity contribution in [1.29, 1.82) is 0 Å². The number of fused-ring (bicyclic) bond motifs is 3. The minimum Gasteiger partial charge on any atom is -0.296 e. The summed E-state index contributed by atoms with van der Waals surface area (Å²) in [6.07, 6.45) is 6.12. The normalized spacial score (nSPS) is 25.6. The van der Waals surface area contributed by atoms with Crippen molar-refractivity contribution in [3.63, 3.8) is 0 Å². The van der Waals surface area contributed by atoms with E-state index >= 15 is 0 Å². The molecule has 1 aromatic carbocycles. The van der Waals surface area contributed by atoms with Gasteiger partial charge in [0.2, 0.25) is 0 Å². The smallest absolute Gasteiger partial charge is 0.272 e. The highest BCUT2D eigenvalue weighted by Gasteiger charge is 2.37. The van der Waals surface area contributed by atoms with Crippen molar-refractivity contribution in [2.24, 2.45) is 0 Å². The summed E-state index contributed by atoms with van der Waals surface area (Å²) in [5, 5.41) is 11.2. The van der Waals surface area contributed by atoms with Crippen molar-refractivity contribution in [2.75, 3.05) is 13.1 Å². The molecule has 0 N–H and O–H groups in total. The molecular weight excluding hydrogens is 252 g/mol. The van der Waals surface area contributed by atoms with Gasteiger partial charge in [0.25, 0.3) is 5.69 Å². The van der Waals surface area contributed by atoms with Gasteiger partial charge in [-0.1, -0.05) is 18.2 Å². The number of benzene rings is 1. The van der Waals surface area contributed by atoms with Gasteiger partial charge in [-0.05, 0) is 37.8 Å². The van der Waals surface area contributed by atoms with Crippen LogP contribution in [0.1, 0.15) is 36.3 Å². The third-order valence-corrected chi connectivity index (χ3v) is 4.73. The molecule has 0 aromatic heterocycles. The third-order valence-electron chi connectivity index (χ3n) is 4.73. The first-order chi connectivity index (χ1) is 9.72. The van der Waals surface area contributed by atoms with Crippen LogP contribution in [0.25, 0.3) is 0 Å². The van der Waals surface area contributed by atoms with Gasteiger partial charge in [0, 0.05) is 30.1 Å². The number of hydrogen-bond donors (Lipinski definition) is 0. The number of nitro groups is 1. The van der Waals surface area contributed by atoms with E-state index in [-0.39, 0.29) is 4.92 Å². The van der Waals surface area contributed by atoms with Gasteiger partial charge in [-0.25, -0.2) is 0 Å². The molecular formula is C16H20N2O2. The maximum atomic E-state index is 11.2. The molecule has 106 valence electrons. The zero-order valence-corrected chi connectivity index (χ0v) is 11.6. The molecule has 1 aliphatic carbocycles. The molecule has 4 heteroatoms. The van der Waals surface area contributed by atoms with Crippen LogP contribution >= 0.6 is 0 Å². The van der Waals surface area contributed by atoms with Crippen molar-refractivity contribution in [3.8, 4) is 0 Å². The molecule has 0 radical (unpaired) electrons. The van der Waals surface area contributed by atoms with E-state index in [0.29, 0.717) is 17.6 Å². The second-order valence-corrected chi connectivity index (χ2v) is 5.74. The van der Waals surface area contributed by atoms with E-state index in [2.05, 4.69) is 17.5 Å². The minimum absolute atomic E-state index is 0.233. The summed E-state index contributed by atoms with van der Waals surface area (Å²) in [7, 11) is 0. The number of nitro benzene ring substituents is 1. The Morgan fingerprint density at radius 3 is 3.05 bits per heavy atom. The highest BCUT2D eigenvalue weighted by molar-refractivity contribution is 5.49. The topological polar surface area (TPSA) is 46.4 Å². The summed E-state index contributed by atoms with van der Waals surface area (Å²) in [4.78, 5) is 13.4. The van der Waals surface area contributed by atoms with Crippen LogP contribution in [0, 0.1) is 10.1 Å². The second-order valence-electron chi connectivity index (χ2n) is 5.74. The first kappa shape index (κ1) is 13.3. The molecule has 1 aliphatic heterocycles. The Hall–Kier alpha value is -1.68. The fraction of sp³-hybridized carbons (Fsp3) is 0.500. The number of hydrogen-bond acceptors (Lipinski definition) is 3. The number of rotatable bonds is 3. The predicted molar refractivity (Wildman–Crippen MR) is 79.0 cm³/mol. The van der Waals surface area contributed by atoms with E-state index in [1.165, 1.54) is 5.56 Å². The largest absolute Gasteiger partial charge is 0.296 e. The fourth-order valence-electron chi connectivity index (χ4n) is 3.94. The zero-order valence-electron chi connectivity index (χ0n) is 11.6. The van der Waals surface area contributed by atoms with Crippen LogP contribution in [0.15, 0.2) is 30.9 Å². The predicted octanol–water partition coefficient (Wildman–Crippen LogP) is 3.28. The van der Waals surface area contributed by atoms with E-state index < -0.39 is 0 Å². The van der Waals surface area contributed by atoms with Gasteiger partial charge in [0.1, 0.15) is 0 Å². The lowest BCUT2D eigenvalue weighted by Gasteiger charge is -2.44. The molecule has 0 bridgehead atoms. The van der Waals surface area contributed by atoms with Crippen molar-refractivity contribution < 1.29 is 4.92 Å². The van der Waals surface area contributed by atoms with Crippen LogP contribution in [0.4, 0.5) is 5.69 Å². The Morgan fingerprint density at radius 1 is 1.45 bits per heavy atom. The standard InChI is InChI=1S/C16H20N2O2/c1-2-10-17-11-4-6-13-12-5-3-7-16(18(19)20)14(12)8-9-15(13)17/h2-3,5,7,13,15H,1,4,6,8-11H2/t13-,15-/m0/s1. The molecule has 1 saturated heterocycles. The third kappa shape index (κ3) is 2.14. The monoisotopic (exact) mass is 272 g/mol. The summed E-state index contributed by atoms with van der Waals surface area (Å²) in [6.45, 7) is 5.89. The van der Waals surface area contributed by atoms with E-state index in [9.17, 15) is 10.1 Å². The maximum absolute atomic E-state index is 11.2. The number of nitrogens with zero attached hydrogens (tertiary/aromatic N) is 2. The van der Waals surface area contributed by atoms with E-state index in [0.717, 1.165) is 44.3 Å². The molecule has 0 amide bonds. The number of likely N-dealkylation sites (tertiary alicyclic amines) is 1. The summed E-state index contributed by atoms with van der Waals surface area (Å²) in [5.74, 6) is 0.451. The maximum Gasteiger partial charge on any atom is 0.272 e. The average Bonchev–Trinajstić information content (AvgIpc) is 2.47. The molecule has 1 aromatic rings. The van der Waals surface area contributed by atoms with Gasteiger partial charge in [0.05, 0.1) is 4.92 Å². The first-order valence-corrected chi connectivity index (χ1v) is 7.33. The SMILES string of the molecule is C=CCN1CCC[C@H]2c3cccc([N+](=O)[O-])c3CC[C@@H]21. The molecule has 0 spiro atoms. The molecule has 3 rings (SSSR count). The molecule has 0 unspecified atom stereocenters. The Bertz CT molecular complexity index is 541. The van der Waals surface area contributed by atoms with E-state index in [1.807, 2.05) is 12.1 Å². The summed E-state index contributed by atoms with van der Waals surface area (Å²) in [6, 6.07) is 6.10. The molecule has 4 nitrogen and oxygen atoms in total. The van der Waals surface area contributed by atoms with Gasteiger partial charge in [-0.2, -0.15) is 0 Å². The molecule has 20 heavy (non-hydrogen) atoms. The quantitative estimate of drug-likeness (QED) is 0.482. The number of piperidine rings is 1. The van der Waals surface area contributed by atoms with Gasteiger partial charge < -0.3 is 0 Å². The van der Waals surface area contributed by atoms with Crippen molar-refractivity contribution in [1.82, 2.24) is 4.90 Å². The summed E-state index contributed by atoms with van der Waals surface area (Å²) >= 11 is 0. The minimum atomic E-state index is -0.233. The van der Waals surface area contributed by atoms with Crippen LogP contribution in [-0.2, 0) is 6.42 Å². The Balaban J connectivity index is 1.98. The molecule has 1 heterocycles. The van der Waals surface area contributed by atoms with Crippen LogP contribution in [0.3, 0.4) is 0 Å². The van der Waals surface area contributed by atoms with Crippen LogP contribution in [0.2, 0.25) is 0 Å². The molecule has 2 aliphatic rings. The lowest BCUT2D eigenvalue weighted by molar-refractivity contribution is -0.385. The van der Waals surface area contributed by atoms with Crippen molar-refractivity contribution >= 4 is 5.69 Å². The highest BCUT2D eigenvalue weighted by atomic mass is 16.6. The van der Waals surface area contributed by atoms with E-state index in [1.54, 1.807) is 6.07 Å². The summed E-state index contributed by atoms with van der Waals surface area (Å²) in [5.41, 5.74) is 2.49. The molecule has 1 fully saturated rings. The van der Waals surface area contributed by atoms with Gasteiger partial charge in [0.15, 0.2) is 0 Å². The lowest BCUT2D eigenvalue weighted by atomic mass is 9.74. The second kappa shape index (κ2) is 5.37. The first-order valence-electron chi connectivity index (χ1n) is 7.33. The Morgan fingerprint density at radius 2 is 2.30 bits per heavy atom. The highest BCUT2D eigenvalue weighted by Crippen LogP contribution is 2.43. The van der Waals surface area contributed by atoms with Gasteiger partial charge in [-0.15, -0.1) is 6.58 Å². The van der Waals surface area contributed by atoms with Gasteiger partial charge in [-0.3, -0.25) is 15.0 Å². The van der Waals surface area contributed by atoms with Crippen LogP contribution in [0.5, 0.6) is 0 Å². The molecule has 2 atom stereocenters. The van der Waals surface area contributed by atoms with Crippen LogP contribution < -0.4 is 0 Å². The fourth-order valence-corrected chi connectivity index (χ4v) is 3.94. The Labute approximate surface area is 119 Å². The summed E-state index contributed by atoms with van der Waals surface area (Å²) < 4.78 is 0. The van der Waals surface area contributed by atoms with Gasteiger partial charge >= 0.3 is 0 Å².